The average molecular weight is 536 g/mol. The highest BCUT2D eigenvalue weighted by atomic mass is 35.5. The van der Waals surface area contributed by atoms with Crippen molar-refractivity contribution in [3.8, 4) is 0 Å². The summed E-state index contributed by atoms with van der Waals surface area (Å²) in [6.45, 7) is 17.5. The highest BCUT2D eigenvalue weighted by Crippen LogP contribution is 2.25. The molecule has 204 valence electrons. The van der Waals surface area contributed by atoms with E-state index in [0.717, 1.165) is 16.8 Å². The molecule has 0 aliphatic carbocycles. The first-order valence-electron chi connectivity index (χ1n) is 12.8. The normalized spacial score (nSPS) is 12.0. The Labute approximate surface area is 233 Å². The molecule has 0 aromatic heterocycles. The van der Waals surface area contributed by atoms with Crippen LogP contribution in [0.4, 0.5) is 11.4 Å². The molecule has 0 unspecified atom stereocenters. The van der Waals surface area contributed by atoms with Gasteiger partial charge >= 0.3 is 0 Å². The molecule has 0 radical (unpaired) electrons. The van der Waals surface area contributed by atoms with Gasteiger partial charge in [-0.05, 0) is 74.1 Å². The van der Waals surface area contributed by atoms with Gasteiger partial charge in [0.15, 0.2) is 0 Å². The fourth-order valence-corrected chi connectivity index (χ4v) is 3.73. The quantitative estimate of drug-likeness (QED) is 0.172. The summed E-state index contributed by atoms with van der Waals surface area (Å²) in [5.74, 6) is 0.121. The second-order valence-electron chi connectivity index (χ2n) is 9.40. The van der Waals surface area contributed by atoms with Crippen LogP contribution < -0.4 is 16.0 Å². The van der Waals surface area contributed by atoms with Gasteiger partial charge in [-0.3, -0.25) is 9.59 Å². The number of anilines is 2. The Bertz CT molecular complexity index is 1210. The first-order valence-corrected chi connectivity index (χ1v) is 13.2. The molecule has 0 aliphatic rings. The van der Waals surface area contributed by atoms with E-state index >= 15 is 0 Å². The van der Waals surface area contributed by atoms with Crippen LogP contribution in [0.2, 0.25) is 5.02 Å². The summed E-state index contributed by atoms with van der Waals surface area (Å²) >= 11 is 6.01. The number of hydrogen-bond donors (Lipinski definition) is 3. The summed E-state index contributed by atoms with van der Waals surface area (Å²) in [5.41, 5.74) is 4.94. The lowest BCUT2D eigenvalue weighted by atomic mass is 9.95. The van der Waals surface area contributed by atoms with Gasteiger partial charge < -0.3 is 16.0 Å². The van der Waals surface area contributed by atoms with Crippen LogP contribution >= 0.6 is 11.6 Å². The van der Waals surface area contributed by atoms with Gasteiger partial charge in [0.2, 0.25) is 0 Å². The molecule has 0 fully saturated rings. The van der Waals surface area contributed by atoms with Crippen LogP contribution in [0.5, 0.6) is 0 Å². The van der Waals surface area contributed by atoms with Gasteiger partial charge in [0.1, 0.15) is 0 Å². The zero-order chi connectivity index (χ0) is 28.8. The molecule has 2 aromatic carbocycles. The molecular formula is C32H42ClN3O2. The molecule has 38 heavy (non-hydrogen) atoms. The average Bonchev–Trinajstić information content (AvgIpc) is 2.85. The van der Waals surface area contributed by atoms with Crippen molar-refractivity contribution < 1.29 is 9.59 Å². The number of likely N-dealkylation sites (N-methyl/N-ethyl adjacent to an activating group) is 1. The highest BCUT2D eigenvalue weighted by molar-refractivity contribution is 6.31. The number of nitrogens with one attached hydrogen (secondary N) is 3. The molecule has 6 heteroatoms. The van der Waals surface area contributed by atoms with Gasteiger partial charge in [-0.15, -0.1) is 6.58 Å². The number of benzene rings is 2. The maximum absolute atomic E-state index is 13.4. The third-order valence-electron chi connectivity index (χ3n) is 5.45. The number of allylic oxidation sites excluding steroid dienone is 5. The first kappa shape index (κ1) is 32.5. The van der Waals surface area contributed by atoms with Crippen LogP contribution in [0.25, 0.3) is 0 Å². The molecule has 2 rings (SSSR count). The topological polar surface area (TPSA) is 70.2 Å². The smallest absolute Gasteiger partial charge is 0.257 e. The summed E-state index contributed by atoms with van der Waals surface area (Å²) < 4.78 is 0. The van der Waals surface area contributed by atoms with Gasteiger partial charge in [-0.2, -0.15) is 0 Å². The second kappa shape index (κ2) is 16.3. The van der Waals surface area contributed by atoms with Crippen molar-refractivity contribution in [1.29, 1.82) is 0 Å². The second-order valence-corrected chi connectivity index (χ2v) is 9.83. The Hall–Kier alpha value is -3.57. The molecular weight excluding hydrogens is 494 g/mol. The SMILES string of the molecule is C=CC.C\C=C(C(=O)Nc1cc(NC(=O)c2cccc(Cl)c2)ccc1C)/C(NC)=C(/C=C\C(C)C)C(C)C. The molecule has 0 spiro atoms. The van der Waals surface area contributed by atoms with Crippen LogP contribution in [-0.4, -0.2) is 18.9 Å². The zero-order valence-corrected chi connectivity index (χ0v) is 24.7. The van der Waals surface area contributed by atoms with Gasteiger partial charge in [-0.25, -0.2) is 0 Å². The van der Waals surface area contributed by atoms with E-state index in [1.165, 1.54) is 0 Å². The Morgan fingerprint density at radius 2 is 1.66 bits per heavy atom. The fourth-order valence-electron chi connectivity index (χ4n) is 3.54. The Morgan fingerprint density at radius 1 is 1.00 bits per heavy atom. The number of halogens is 1. The van der Waals surface area contributed by atoms with Gasteiger partial charge in [0, 0.05) is 34.7 Å². The number of rotatable bonds is 9. The lowest BCUT2D eigenvalue weighted by Gasteiger charge is -2.19. The molecule has 0 heterocycles. The third-order valence-corrected chi connectivity index (χ3v) is 5.69. The Kier molecular flexibility index (Phi) is 13.9. The Morgan fingerprint density at radius 3 is 2.18 bits per heavy atom. The van der Waals surface area contributed by atoms with Crippen molar-refractivity contribution in [3.63, 3.8) is 0 Å². The van der Waals surface area contributed by atoms with Crippen molar-refractivity contribution in [3.05, 3.63) is 106 Å². The summed E-state index contributed by atoms with van der Waals surface area (Å²) in [7, 11) is 1.83. The van der Waals surface area contributed by atoms with E-state index in [4.69, 9.17) is 11.6 Å². The van der Waals surface area contributed by atoms with Crippen LogP contribution in [-0.2, 0) is 4.79 Å². The van der Waals surface area contributed by atoms with Crippen LogP contribution in [0, 0.1) is 18.8 Å². The maximum Gasteiger partial charge on any atom is 0.257 e. The molecule has 3 N–H and O–H groups in total. The number of amides is 2. The predicted octanol–water partition coefficient (Wildman–Crippen LogP) is 8.32. The van der Waals surface area contributed by atoms with Crippen molar-refractivity contribution in [2.45, 2.75) is 48.5 Å². The monoisotopic (exact) mass is 535 g/mol. The maximum atomic E-state index is 13.4. The Balaban J connectivity index is 0.00000229. The lowest BCUT2D eigenvalue weighted by Crippen LogP contribution is -2.23. The van der Waals surface area contributed by atoms with Crippen molar-refractivity contribution >= 4 is 34.8 Å². The number of hydrogen-bond acceptors (Lipinski definition) is 3. The number of aryl methyl sites for hydroxylation is 1. The first-order chi connectivity index (χ1) is 18.0. The minimum absolute atomic E-state index is 0.224. The lowest BCUT2D eigenvalue weighted by molar-refractivity contribution is -0.112. The largest absolute Gasteiger partial charge is 0.387 e. The van der Waals surface area contributed by atoms with E-state index in [1.54, 1.807) is 42.5 Å². The number of carbonyl (C=O) groups is 2. The van der Waals surface area contributed by atoms with E-state index in [2.05, 4.69) is 62.4 Å². The van der Waals surface area contributed by atoms with E-state index in [9.17, 15) is 9.59 Å². The highest BCUT2D eigenvalue weighted by Gasteiger charge is 2.19. The van der Waals surface area contributed by atoms with E-state index in [1.807, 2.05) is 40.0 Å². The van der Waals surface area contributed by atoms with Crippen molar-refractivity contribution in [2.24, 2.45) is 11.8 Å². The van der Waals surface area contributed by atoms with E-state index < -0.39 is 0 Å². The van der Waals surface area contributed by atoms with Crippen LogP contribution in [0.15, 0.2) is 90.2 Å². The van der Waals surface area contributed by atoms with Crippen molar-refractivity contribution in [1.82, 2.24) is 5.32 Å². The molecule has 0 atom stereocenters. The minimum Gasteiger partial charge on any atom is -0.387 e. The summed E-state index contributed by atoms with van der Waals surface area (Å²) in [4.78, 5) is 26.0. The van der Waals surface area contributed by atoms with Crippen LogP contribution in [0.1, 0.15) is 57.5 Å². The standard InChI is InChI=1S/C29H36ClN3O2.C3H6/c1-8-24(27(31-7)25(19(4)5)15-12-18(2)3)29(35)33-26-17-23(14-13-20(26)6)32-28(34)21-10-9-11-22(30)16-21;1-3-2/h8-19,31H,1-7H3,(H,32,34)(H,33,35);3H,1H2,2H3/b15-12-,24-8+,27-25+;. The fraction of sp³-hybridized carbons (Fsp3) is 0.312. The van der Waals surface area contributed by atoms with Gasteiger partial charge in [0.25, 0.3) is 11.8 Å². The molecule has 0 saturated heterocycles. The third kappa shape index (κ3) is 10.1. The summed E-state index contributed by atoms with van der Waals surface area (Å²) in [6.07, 6.45) is 7.79. The van der Waals surface area contributed by atoms with Crippen LogP contribution in [0.3, 0.4) is 0 Å². The molecule has 0 saturated carbocycles. The summed E-state index contributed by atoms with van der Waals surface area (Å²) in [5, 5.41) is 9.61. The molecule has 5 nitrogen and oxygen atoms in total. The molecule has 0 aliphatic heterocycles. The van der Waals surface area contributed by atoms with Gasteiger partial charge in [0.05, 0.1) is 5.57 Å². The number of carbonyl (C=O) groups excluding carboxylic acids is 2. The van der Waals surface area contributed by atoms with Gasteiger partial charge in [-0.1, -0.05) is 75.7 Å². The molecule has 0 bridgehead atoms. The van der Waals surface area contributed by atoms with E-state index in [0.29, 0.717) is 33.5 Å². The zero-order valence-electron chi connectivity index (χ0n) is 23.9. The van der Waals surface area contributed by atoms with Crippen molar-refractivity contribution in [2.75, 3.05) is 17.7 Å². The summed E-state index contributed by atoms with van der Waals surface area (Å²) in [6, 6.07) is 12.2. The molecule has 2 aromatic rings. The predicted molar refractivity (Wildman–Crippen MR) is 164 cm³/mol. The molecule has 2 amide bonds. The minimum atomic E-state index is -0.276. The van der Waals surface area contributed by atoms with E-state index in [-0.39, 0.29) is 17.7 Å².